The molecule has 5 heteroatoms. The Labute approximate surface area is 129 Å². The predicted octanol–water partition coefficient (Wildman–Crippen LogP) is 3.67. The highest BCUT2D eigenvalue weighted by Crippen LogP contribution is 2.35. The summed E-state index contributed by atoms with van der Waals surface area (Å²) in [6, 6.07) is 4.82. The lowest BCUT2D eigenvalue weighted by Gasteiger charge is -2.35. The molecule has 0 aliphatic heterocycles. The van der Waals surface area contributed by atoms with Crippen LogP contribution in [0, 0.1) is 5.41 Å². The predicted molar refractivity (Wildman–Crippen MR) is 81.4 cm³/mol. The number of rotatable bonds is 4. The van der Waals surface area contributed by atoms with E-state index in [1.807, 2.05) is 0 Å². The highest BCUT2D eigenvalue weighted by atomic mass is 35.5. The second-order valence-corrected chi connectivity index (χ2v) is 6.34. The van der Waals surface area contributed by atoms with Gasteiger partial charge in [-0.25, -0.2) is 0 Å². The van der Waals surface area contributed by atoms with Gasteiger partial charge in [0, 0.05) is 17.5 Å². The molecule has 1 aliphatic rings. The molecule has 0 unspecified atom stereocenters. The van der Waals surface area contributed by atoms with Crippen molar-refractivity contribution in [2.24, 2.45) is 5.41 Å². The minimum Gasteiger partial charge on any atom is -0.396 e. The summed E-state index contributed by atoms with van der Waals surface area (Å²) in [6.07, 6.45) is 5.37. The van der Waals surface area contributed by atoms with Crippen LogP contribution in [0.1, 0.15) is 42.5 Å². The molecule has 2 rings (SSSR count). The van der Waals surface area contributed by atoms with Gasteiger partial charge >= 0.3 is 0 Å². The van der Waals surface area contributed by atoms with Crippen molar-refractivity contribution in [1.82, 2.24) is 5.32 Å². The molecular weight excluding hydrogens is 297 g/mol. The lowest BCUT2D eigenvalue weighted by Crippen LogP contribution is -2.41. The van der Waals surface area contributed by atoms with Crippen molar-refractivity contribution in [2.75, 3.05) is 13.2 Å². The zero-order valence-electron chi connectivity index (χ0n) is 11.3. The summed E-state index contributed by atoms with van der Waals surface area (Å²) < 4.78 is 0. The number of carbonyl (C=O) groups excluding carboxylic acids is 1. The van der Waals surface area contributed by atoms with Crippen LogP contribution in [0.15, 0.2) is 18.2 Å². The molecule has 0 heterocycles. The Morgan fingerprint density at radius 2 is 1.90 bits per heavy atom. The third-order valence-electron chi connectivity index (χ3n) is 4.06. The van der Waals surface area contributed by atoms with E-state index in [9.17, 15) is 9.90 Å². The molecule has 0 aromatic heterocycles. The first-order valence-corrected chi connectivity index (χ1v) is 7.66. The maximum atomic E-state index is 12.1. The summed E-state index contributed by atoms with van der Waals surface area (Å²) >= 11 is 11.7. The molecule has 1 aliphatic carbocycles. The lowest BCUT2D eigenvalue weighted by atomic mass is 9.74. The van der Waals surface area contributed by atoms with Crippen molar-refractivity contribution in [3.63, 3.8) is 0 Å². The van der Waals surface area contributed by atoms with E-state index in [2.05, 4.69) is 5.32 Å². The van der Waals surface area contributed by atoms with Crippen molar-refractivity contribution in [3.8, 4) is 0 Å². The number of nitrogens with one attached hydrogen (secondary N) is 1. The highest BCUT2D eigenvalue weighted by molar-refractivity contribution is 6.42. The molecule has 1 aromatic carbocycles. The zero-order valence-corrected chi connectivity index (χ0v) is 12.8. The molecule has 0 saturated heterocycles. The number of aliphatic hydroxyl groups is 1. The molecule has 110 valence electrons. The van der Waals surface area contributed by atoms with Crippen molar-refractivity contribution in [2.45, 2.75) is 32.1 Å². The second-order valence-electron chi connectivity index (χ2n) is 5.53. The Bertz CT molecular complexity index is 485. The number of carbonyl (C=O) groups is 1. The van der Waals surface area contributed by atoms with Gasteiger partial charge in [-0.3, -0.25) is 4.79 Å². The molecule has 3 nitrogen and oxygen atoms in total. The first kappa shape index (κ1) is 15.6. The fraction of sp³-hybridized carbons (Fsp3) is 0.533. The maximum absolute atomic E-state index is 12.1. The van der Waals surface area contributed by atoms with Gasteiger partial charge in [-0.2, -0.15) is 0 Å². The second kappa shape index (κ2) is 6.79. The summed E-state index contributed by atoms with van der Waals surface area (Å²) in [5.41, 5.74) is 0.327. The van der Waals surface area contributed by atoms with Crippen LogP contribution in [0.2, 0.25) is 10.0 Å². The summed E-state index contributed by atoms with van der Waals surface area (Å²) in [4.78, 5) is 12.1. The molecule has 0 bridgehead atoms. The van der Waals surface area contributed by atoms with E-state index in [1.165, 1.54) is 6.42 Å². The average molecular weight is 316 g/mol. The molecule has 1 fully saturated rings. The van der Waals surface area contributed by atoms with E-state index >= 15 is 0 Å². The van der Waals surface area contributed by atoms with Gasteiger partial charge in [0.2, 0.25) is 0 Å². The third kappa shape index (κ3) is 3.66. The third-order valence-corrected chi connectivity index (χ3v) is 4.79. The molecule has 1 saturated carbocycles. The fourth-order valence-electron chi connectivity index (χ4n) is 2.70. The zero-order chi connectivity index (χ0) is 14.6. The van der Waals surface area contributed by atoms with Gasteiger partial charge in [-0.1, -0.05) is 42.5 Å². The quantitative estimate of drug-likeness (QED) is 0.890. The summed E-state index contributed by atoms with van der Waals surface area (Å²) in [5, 5.41) is 13.3. The maximum Gasteiger partial charge on any atom is 0.251 e. The molecule has 20 heavy (non-hydrogen) atoms. The van der Waals surface area contributed by atoms with E-state index in [0.717, 1.165) is 25.7 Å². The number of hydrogen-bond donors (Lipinski definition) is 2. The largest absolute Gasteiger partial charge is 0.396 e. The molecular formula is C15H19Cl2NO2. The Morgan fingerprint density at radius 1 is 1.20 bits per heavy atom. The van der Waals surface area contributed by atoms with Crippen molar-refractivity contribution < 1.29 is 9.90 Å². The Hall–Kier alpha value is -0.770. The molecule has 2 N–H and O–H groups in total. The van der Waals surface area contributed by atoms with Crippen LogP contribution in [0.25, 0.3) is 0 Å². The minimum atomic E-state index is -0.179. The standard InChI is InChI=1S/C15H19Cl2NO2/c16-12-5-4-11(8-13(12)17)14(20)18-9-15(10-19)6-2-1-3-7-15/h4-5,8,19H,1-3,6-7,9-10H2,(H,18,20). The number of aliphatic hydroxyl groups excluding tert-OH is 1. The van der Waals surface area contributed by atoms with Crippen molar-refractivity contribution >= 4 is 29.1 Å². The van der Waals surface area contributed by atoms with Gasteiger partial charge in [0.15, 0.2) is 0 Å². The van der Waals surface area contributed by atoms with Crippen LogP contribution >= 0.6 is 23.2 Å². The molecule has 1 amide bonds. The van der Waals surface area contributed by atoms with Gasteiger partial charge < -0.3 is 10.4 Å². The van der Waals surface area contributed by atoms with Gasteiger partial charge in [0.1, 0.15) is 0 Å². The average Bonchev–Trinajstić information content (AvgIpc) is 2.48. The van der Waals surface area contributed by atoms with Gasteiger partial charge in [-0.15, -0.1) is 0 Å². The normalized spacial score (nSPS) is 17.8. The SMILES string of the molecule is O=C(NCC1(CO)CCCCC1)c1ccc(Cl)c(Cl)c1. The topological polar surface area (TPSA) is 49.3 Å². The smallest absolute Gasteiger partial charge is 0.251 e. The summed E-state index contributed by atoms with van der Waals surface area (Å²) in [5.74, 6) is -0.179. The molecule has 0 radical (unpaired) electrons. The Morgan fingerprint density at radius 3 is 2.50 bits per heavy atom. The van der Waals surface area contributed by atoms with Crippen LogP contribution in [-0.4, -0.2) is 24.2 Å². The fourth-order valence-corrected chi connectivity index (χ4v) is 3.00. The van der Waals surface area contributed by atoms with Crippen LogP contribution in [0.3, 0.4) is 0 Å². The monoisotopic (exact) mass is 315 g/mol. The summed E-state index contributed by atoms with van der Waals surface area (Å²) in [6.45, 7) is 0.622. The van der Waals surface area contributed by atoms with Crippen LogP contribution < -0.4 is 5.32 Å². The first-order valence-electron chi connectivity index (χ1n) is 6.90. The number of amides is 1. The van der Waals surface area contributed by atoms with Gasteiger partial charge in [0.05, 0.1) is 16.7 Å². The summed E-state index contributed by atoms with van der Waals surface area (Å²) in [7, 11) is 0. The van der Waals surface area contributed by atoms with E-state index in [1.54, 1.807) is 18.2 Å². The van der Waals surface area contributed by atoms with E-state index in [-0.39, 0.29) is 17.9 Å². The van der Waals surface area contributed by atoms with Gasteiger partial charge in [-0.05, 0) is 31.0 Å². The van der Waals surface area contributed by atoms with Crippen LogP contribution in [0.5, 0.6) is 0 Å². The van der Waals surface area contributed by atoms with Crippen molar-refractivity contribution in [3.05, 3.63) is 33.8 Å². The Balaban J connectivity index is 1.98. The minimum absolute atomic E-state index is 0.120. The Kier molecular flexibility index (Phi) is 5.30. The number of halogens is 2. The number of benzene rings is 1. The highest BCUT2D eigenvalue weighted by Gasteiger charge is 2.31. The van der Waals surface area contributed by atoms with Crippen LogP contribution in [0.4, 0.5) is 0 Å². The van der Waals surface area contributed by atoms with E-state index in [0.29, 0.717) is 22.2 Å². The lowest BCUT2D eigenvalue weighted by molar-refractivity contribution is 0.0718. The number of hydrogen-bond acceptors (Lipinski definition) is 2. The molecule has 1 aromatic rings. The van der Waals surface area contributed by atoms with Crippen molar-refractivity contribution in [1.29, 1.82) is 0 Å². The molecule has 0 atom stereocenters. The van der Waals surface area contributed by atoms with E-state index < -0.39 is 0 Å². The van der Waals surface area contributed by atoms with E-state index in [4.69, 9.17) is 23.2 Å². The molecule has 0 spiro atoms. The van der Waals surface area contributed by atoms with Gasteiger partial charge in [0.25, 0.3) is 5.91 Å². The first-order chi connectivity index (χ1) is 9.56. The van der Waals surface area contributed by atoms with Crippen LogP contribution in [-0.2, 0) is 0 Å².